The summed E-state index contributed by atoms with van der Waals surface area (Å²) in [5.74, 6) is 1.000. The summed E-state index contributed by atoms with van der Waals surface area (Å²) in [6, 6.07) is 16.0. The zero-order valence-electron chi connectivity index (χ0n) is 17.2. The normalized spacial score (nSPS) is 14.0. The average Bonchev–Trinajstić information content (AvgIpc) is 3.14. The second-order valence-corrected chi connectivity index (χ2v) is 8.11. The first-order valence-electron chi connectivity index (χ1n) is 9.92. The molecule has 7 nitrogen and oxygen atoms in total. The van der Waals surface area contributed by atoms with E-state index in [2.05, 4.69) is 33.4 Å². The summed E-state index contributed by atoms with van der Waals surface area (Å²) in [6.45, 7) is 5.34. The van der Waals surface area contributed by atoms with Gasteiger partial charge in [-0.05, 0) is 36.8 Å². The second kappa shape index (κ2) is 9.32. The Morgan fingerprint density at radius 2 is 1.83 bits per heavy atom. The molecule has 156 valence electrons. The SMILES string of the molecule is Cc1ccccc1-c1nnc(SCC(=O)Nc2ccc(N3CCOCC3)cc2)n1C. The van der Waals surface area contributed by atoms with Gasteiger partial charge < -0.3 is 19.5 Å². The van der Waals surface area contributed by atoms with Crippen molar-refractivity contribution in [2.75, 3.05) is 42.3 Å². The fourth-order valence-electron chi connectivity index (χ4n) is 3.40. The average molecular weight is 424 g/mol. The number of anilines is 2. The molecule has 0 unspecified atom stereocenters. The van der Waals surface area contributed by atoms with Gasteiger partial charge in [-0.1, -0.05) is 36.0 Å². The smallest absolute Gasteiger partial charge is 0.234 e. The maximum Gasteiger partial charge on any atom is 0.234 e. The number of morpholine rings is 1. The van der Waals surface area contributed by atoms with Gasteiger partial charge in [-0.15, -0.1) is 10.2 Å². The zero-order valence-corrected chi connectivity index (χ0v) is 18.0. The van der Waals surface area contributed by atoms with Crippen LogP contribution in [-0.2, 0) is 16.6 Å². The molecule has 1 aliphatic heterocycles. The maximum absolute atomic E-state index is 12.4. The minimum Gasteiger partial charge on any atom is -0.378 e. The molecule has 3 aromatic rings. The first-order valence-corrected chi connectivity index (χ1v) is 10.9. The highest BCUT2D eigenvalue weighted by atomic mass is 32.2. The second-order valence-electron chi connectivity index (χ2n) is 7.16. The van der Waals surface area contributed by atoms with Gasteiger partial charge in [0.1, 0.15) is 0 Å². The number of carbonyl (C=O) groups excluding carboxylic acids is 1. The lowest BCUT2D eigenvalue weighted by atomic mass is 10.1. The number of hydrogen-bond acceptors (Lipinski definition) is 6. The van der Waals surface area contributed by atoms with Crippen LogP contribution < -0.4 is 10.2 Å². The summed E-state index contributed by atoms with van der Waals surface area (Å²) in [4.78, 5) is 14.7. The molecule has 0 aliphatic carbocycles. The number of carbonyl (C=O) groups is 1. The number of thioether (sulfide) groups is 1. The molecule has 0 spiro atoms. The van der Waals surface area contributed by atoms with Crippen molar-refractivity contribution in [1.29, 1.82) is 0 Å². The minimum atomic E-state index is -0.0698. The Kier molecular flexibility index (Phi) is 6.35. The molecule has 0 bridgehead atoms. The fourth-order valence-corrected chi connectivity index (χ4v) is 4.11. The van der Waals surface area contributed by atoms with Gasteiger partial charge in [0.2, 0.25) is 5.91 Å². The molecule has 1 saturated heterocycles. The van der Waals surface area contributed by atoms with E-state index < -0.39 is 0 Å². The van der Waals surface area contributed by atoms with E-state index in [4.69, 9.17) is 4.74 Å². The summed E-state index contributed by atoms with van der Waals surface area (Å²) in [6.07, 6.45) is 0. The van der Waals surface area contributed by atoms with Crippen molar-refractivity contribution >= 4 is 29.0 Å². The molecule has 8 heteroatoms. The highest BCUT2D eigenvalue weighted by Gasteiger charge is 2.15. The van der Waals surface area contributed by atoms with Crippen molar-refractivity contribution in [3.05, 3.63) is 54.1 Å². The van der Waals surface area contributed by atoms with Crippen LogP contribution >= 0.6 is 11.8 Å². The molecule has 2 aromatic carbocycles. The van der Waals surface area contributed by atoms with Gasteiger partial charge in [-0.25, -0.2) is 0 Å². The van der Waals surface area contributed by atoms with E-state index in [-0.39, 0.29) is 11.7 Å². The first kappa shape index (κ1) is 20.4. The number of benzene rings is 2. The number of amides is 1. The van der Waals surface area contributed by atoms with Crippen LogP contribution in [0, 0.1) is 6.92 Å². The van der Waals surface area contributed by atoms with Crippen molar-refractivity contribution in [3.8, 4) is 11.4 Å². The lowest BCUT2D eigenvalue weighted by Gasteiger charge is -2.28. The van der Waals surface area contributed by atoms with Crippen LogP contribution in [0.5, 0.6) is 0 Å². The third-order valence-corrected chi connectivity index (χ3v) is 6.10. The quantitative estimate of drug-likeness (QED) is 0.613. The topological polar surface area (TPSA) is 72.3 Å². The van der Waals surface area contributed by atoms with Gasteiger partial charge in [0.15, 0.2) is 11.0 Å². The molecule has 1 amide bonds. The van der Waals surface area contributed by atoms with Gasteiger partial charge in [0, 0.05) is 37.1 Å². The fraction of sp³-hybridized carbons (Fsp3) is 0.318. The third-order valence-electron chi connectivity index (χ3n) is 5.08. The molecular weight excluding hydrogens is 398 g/mol. The van der Waals surface area contributed by atoms with Crippen LogP contribution in [0.1, 0.15) is 5.56 Å². The Balaban J connectivity index is 1.33. The van der Waals surface area contributed by atoms with Crippen LogP contribution in [0.2, 0.25) is 0 Å². The number of aryl methyl sites for hydroxylation is 1. The Bertz CT molecular complexity index is 1010. The van der Waals surface area contributed by atoms with Gasteiger partial charge in [-0.2, -0.15) is 0 Å². The summed E-state index contributed by atoms with van der Waals surface area (Å²) >= 11 is 1.38. The molecule has 1 aliphatic rings. The number of nitrogens with one attached hydrogen (secondary N) is 1. The van der Waals surface area contributed by atoms with Crippen molar-refractivity contribution in [2.45, 2.75) is 12.1 Å². The standard InChI is InChI=1S/C22H25N5O2S/c1-16-5-3-4-6-19(16)21-24-25-22(26(21)2)30-15-20(28)23-17-7-9-18(10-8-17)27-11-13-29-14-12-27/h3-10H,11-15H2,1-2H3,(H,23,28). The number of nitrogens with zero attached hydrogens (tertiary/aromatic N) is 4. The van der Waals surface area contributed by atoms with Crippen molar-refractivity contribution in [3.63, 3.8) is 0 Å². The molecule has 0 saturated carbocycles. The molecule has 30 heavy (non-hydrogen) atoms. The molecular formula is C22H25N5O2S. The molecule has 1 aromatic heterocycles. The van der Waals surface area contributed by atoms with E-state index in [9.17, 15) is 4.79 Å². The van der Waals surface area contributed by atoms with Crippen LogP contribution in [0.3, 0.4) is 0 Å². The summed E-state index contributed by atoms with van der Waals surface area (Å²) in [5.41, 5.74) is 4.12. The van der Waals surface area contributed by atoms with E-state index >= 15 is 0 Å². The van der Waals surface area contributed by atoms with Gasteiger partial charge in [0.25, 0.3) is 0 Å². The van der Waals surface area contributed by atoms with Gasteiger partial charge in [-0.3, -0.25) is 4.79 Å². The molecule has 4 rings (SSSR count). The molecule has 0 atom stereocenters. The molecule has 1 fully saturated rings. The van der Waals surface area contributed by atoms with E-state index in [1.807, 2.05) is 54.1 Å². The van der Waals surface area contributed by atoms with Gasteiger partial charge in [0.05, 0.1) is 19.0 Å². The lowest BCUT2D eigenvalue weighted by molar-refractivity contribution is -0.113. The van der Waals surface area contributed by atoms with Crippen LogP contribution in [-0.4, -0.2) is 52.7 Å². The Morgan fingerprint density at radius 1 is 1.10 bits per heavy atom. The van der Waals surface area contributed by atoms with Crippen LogP contribution in [0.4, 0.5) is 11.4 Å². The minimum absolute atomic E-state index is 0.0698. The Hall–Kier alpha value is -2.84. The van der Waals surface area contributed by atoms with Crippen molar-refractivity contribution in [2.24, 2.45) is 7.05 Å². The van der Waals surface area contributed by atoms with Crippen LogP contribution in [0.15, 0.2) is 53.7 Å². The predicted molar refractivity (Wildman–Crippen MR) is 120 cm³/mol. The highest BCUT2D eigenvalue weighted by Crippen LogP contribution is 2.25. The third kappa shape index (κ3) is 4.66. The largest absolute Gasteiger partial charge is 0.378 e. The number of aromatic nitrogens is 3. The summed E-state index contributed by atoms with van der Waals surface area (Å²) in [5, 5.41) is 12.2. The van der Waals surface area contributed by atoms with Gasteiger partial charge >= 0.3 is 0 Å². The maximum atomic E-state index is 12.4. The number of rotatable bonds is 6. The summed E-state index contributed by atoms with van der Waals surface area (Å²) < 4.78 is 7.32. The Morgan fingerprint density at radius 3 is 2.57 bits per heavy atom. The first-order chi connectivity index (χ1) is 14.6. The van der Waals surface area contributed by atoms with E-state index in [0.29, 0.717) is 5.16 Å². The lowest BCUT2D eigenvalue weighted by Crippen LogP contribution is -2.36. The Labute approximate surface area is 180 Å². The highest BCUT2D eigenvalue weighted by molar-refractivity contribution is 7.99. The van der Waals surface area contributed by atoms with Crippen LogP contribution in [0.25, 0.3) is 11.4 Å². The number of ether oxygens (including phenoxy) is 1. The van der Waals surface area contributed by atoms with Crippen molar-refractivity contribution in [1.82, 2.24) is 14.8 Å². The molecule has 1 N–H and O–H groups in total. The monoisotopic (exact) mass is 423 g/mol. The number of hydrogen-bond donors (Lipinski definition) is 1. The molecule has 0 radical (unpaired) electrons. The van der Waals surface area contributed by atoms with E-state index in [0.717, 1.165) is 54.6 Å². The van der Waals surface area contributed by atoms with E-state index in [1.54, 1.807) is 0 Å². The van der Waals surface area contributed by atoms with E-state index in [1.165, 1.54) is 11.8 Å². The molecule has 2 heterocycles. The zero-order chi connectivity index (χ0) is 20.9. The van der Waals surface area contributed by atoms with Crippen molar-refractivity contribution < 1.29 is 9.53 Å². The summed E-state index contributed by atoms with van der Waals surface area (Å²) in [7, 11) is 1.92. The predicted octanol–water partition coefficient (Wildman–Crippen LogP) is 3.36.